The van der Waals surface area contributed by atoms with Gasteiger partial charge in [-0.05, 0) is 30.5 Å². The maximum atomic E-state index is 12.6. The average Bonchev–Trinajstić information content (AvgIpc) is 3.08. The molecule has 2 unspecified atom stereocenters. The number of carbonyl (C=O) groups is 1. The SMILES string of the molecule is O=C(CNCC1CCCO1)N1CCNCC1c1cccc(Cl)c1. The predicted molar refractivity (Wildman–Crippen MR) is 90.6 cm³/mol. The standard InChI is InChI=1S/C17H24ClN3O2/c18-14-4-1-3-13(9-14)16-11-19-6-7-21(16)17(22)12-20-10-15-5-2-8-23-15/h1,3-4,9,15-16,19-20H,2,5-8,10-12H2. The zero-order chi connectivity index (χ0) is 16.1. The van der Waals surface area contributed by atoms with E-state index in [0.29, 0.717) is 11.6 Å². The molecule has 0 aliphatic carbocycles. The fraction of sp³-hybridized carbons (Fsp3) is 0.588. The van der Waals surface area contributed by atoms with Crippen molar-refractivity contribution >= 4 is 17.5 Å². The van der Waals surface area contributed by atoms with Crippen LogP contribution in [-0.4, -0.2) is 56.2 Å². The molecule has 0 aromatic heterocycles. The average molecular weight is 338 g/mol. The van der Waals surface area contributed by atoms with Gasteiger partial charge >= 0.3 is 0 Å². The van der Waals surface area contributed by atoms with Crippen molar-refractivity contribution in [1.29, 1.82) is 0 Å². The number of hydrogen-bond donors (Lipinski definition) is 2. The molecule has 1 amide bonds. The normalized spacial score (nSPS) is 24.8. The molecule has 0 spiro atoms. The highest BCUT2D eigenvalue weighted by Crippen LogP contribution is 2.24. The van der Waals surface area contributed by atoms with E-state index in [1.165, 1.54) is 0 Å². The summed E-state index contributed by atoms with van der Waals surface area (Å²) in [5.41, 5.74) is 1.08. The van der Waals surface area contributed by atoms with Crippen LogP contribution in [0.1, 0.15) is 24.4 Å². The van der Waals surface area contributed by atoms with Gasteiger partial charge in [0.05, 0.1) is 18.7 Å². The van der Waals surface area contributed by atoms with E-state index in [1.54, 1.807) is 0 Å². The first-order valence-corrected chi connectivity index (χ1v) is 8.70. The predicted octanol–water partition coefficient (Wildman–Crippen LogP) is 1.58. The summed E-state index contributed by atoms with van der Waals surface area (Å²) in [5.74, 6) is 0.134. The topological polar surface area (TPSA) is 53.6 Å². The van der Waals surface area contributed by atoms with E-state index in [0.717, 1.165) is 51.2 Å². The molecule has 2 heterocycles. The van der Waals surface area contributed by atoms with Gasteiger partial charge < -0.3 is 20.3 Å². The Kier molecular flexibility index (Phi) is 5.89. The monoisotopic (exact) mass is 337 g/mol. The van der Waals surface area contributed by atoms with Crippen LogP contribution in [0.15, 0.2) is 24.3 Å². The Hall–Kier alpha value is -1.14. The Balaban J connectivity index is 1.57. The molecule has 23 heavy (non-hydrogen) atoms. The van der Waals surface area contributed by atoms with E-state index in [4.69, 9.17) is 16.3 Å². The summed E-state index contributed by atoms with van der Waals surface area (Å²) >= 11 is 6.10. The van der Waals surface area contributed by atoms with Crippen molar-refractivity contribution in [2.24, 2.45) is 0 Å². The van der Waals surface area contributed by atoms with Gasteiger partial charge in [0.15, 0.2) is 0 Å². The minimum atomic E-state index is 0.0412. The molecule has 5 nitrogen and oxygen atoms in total. The Morgan fingerprint density at radius 1 is 1.48 bits per heavy atom. The number of amides is 1. The summed E-state index contributed by atoms with van der Waals surface area (Å²) < 4.78 is 5.57. The highest BCUT2D eigenvalue weighted by molar-refractivity contribution is 6.30. The van der Waals surface area contributed by atoms with Gasteiger partial charge in [-0.15, -0.1) is 0 Å². The molecule has 2 fully saturated rings. The lowest BCUT2D eigenvalue weighted by Gasteiger charge is -2.36. The van der Waals surface area contributed by atoms with Gasteiger partial charge in [-0.25, -0.2) is 0 Å². The first-order valence-electron chi connectivity index (χ1n) is 8.32. The fourth-order valence-electron chi connectivity index (χ4n) is 3.26. The zero-order valence-corrected chi connectivity index (χ0v) is 14.0. The molecular weight excluding hydrogens is 314 g/mol. The maximum absolute atomic E-state index is 12.6. The van der Waals surface area contributed by atoms with Crippen molar-refractivity contribution in [3.8, 4) is 0 Å². The number of benzene rings is 1. The minimum absolute atomic E-state index is 0.0412. The van der Waals surface area contributed by atoms with Gasteiger partial charge in [-0.2, -0.15) is 0 Å². The van der Waals surface area contributed by atoms with Crippen molar-refractivity contribution in [3.63, 3.8) is 0 Å². The first kappa shape index (κ1) is 16.7. The molecule has 1 aromatic rings. The van der Waals surface area contributed by atoms with Crippen LogP contribution in [-0.2, 0) is 9.53 Å². The number of hydrogen-bond acceptors (Lipinski definition) is 4. The quantitative estimate of drug-likeness (QED) is 0.856. The van der Waals surface area contributed by atoms with E-state index in [1.807, 2.05) is 29.2 Å². The molecule has 2 aliphatic rings. The van der Waals surface area contributed by atoms with E-state index in [2.05, 4.69) is 10.6 Å². The summed E-state index contributed by atoms with van der Waals surface area (Å²) in [6.07, 6.45) is 2.46. The molecule has 0 radical (unpaired) electrons. The molecule has 2 N–H and O–H groups in total. The molecule has 3 rings (SSSR count). The molecule has 2 atom stereocenters. The van der Waals surface area contributed by atoms with Gasteiger partial charge in [0.2, 0.25) is 5.91 Å². The first-order chi connectivity index (χ1) is 11.2. The number of ether oxygens (including phenoxy) is 1. The van der Waals surface area contributed by atoms with Crippen molar-refractivity contribution < 1.29 is 9.53 Å². The Bertz CT molecular complexity index is 534. The smallest absolute Gasteiger partial charge is 0.237 e. The molecule has 0 saturated carbocycles. The van der Waals surface area contributed by atoms with Crippen LogP contribution in [0.4, 0.5) is 0 Å². The van der Waals surface area contributed by atoms with Crippen LogP contribution in [0.2, 0.25) is 5.02 Å². The molecule has 2 saturated heterocycles. The second-order valence-corrected chi connectivity index (χ2v) is 6.56. The second-order valence-electron chi connectivity index (χ2n) is 6.13. The Morgan fingerprint density at radius 3 is 3.17 bits per heavy atom. The van der Waals surface area contributed by atoms with E-state index in [-0.39, 0.29) is 18.1 Å². The summed E-state index contributed by atoms with van der Waals surface area (Å²) in [4.78, 5) is 14.6. The minimum Gasteiger partial charge on any atom is -0.377 e. The van der Waals surface area contributed by atoms with Crippen molar-refractivity contribution in [2.45, 2.75) is 25.0 Å². The van der Waals surface area contributed by atoms with E-state index < -0.39 is 0 Å². The number of piperazine rings is 1. The van der Waals surface area contributed by atoms with Crippen LogP contribution >= 0.6 is 11.6 Å². The van der Waals surface area contributed by atoms with Crippen LogP contribution < -0.4 is 10.6 Å². The molecule has 1 aromatic carbocycles. The summed E-state index contributed by atoms with van der Waals surface area (Å²) in [6.45, 7) is 4.26. The van der Waals surface area contributed by atoms with Crippen molar-refractivity contribution in [1.82, 2.24) is 15.5 Å². The van der Waals surface area contributed by atoms with E-state index >= 15 is 0 Å². The molecule has 126 valence electrons. The third-order valence-corrected chi connectivity index (χ3v) is 4.70. The Labute approximate surface area is 142 Å². The Morgan fingerprint density at radius 2 is 2.39 bits per heavy atom. The fourth-order valence-corrected chi connectivity index (χ4v) is 3.46. The maximum Gasteiger partial charge on any atom is 0.237 e. The highest BCUT2D eigenvalue weighted by atomic mass is 35.5. The van der Waals surface area contributed by atoms with Crippen LogP contribution in [0.5, 0.6) is 0 Å². The lowest BCUT2D eigenvalue weighted by Crippen LogP contribution is -2.51. The van der Waals surface area contributed by atoms with Gasteiger partial charge in [-0.3, -0.25) is 4.79 Å². The molecule has 0 bridgehead atoms. The van der Waals surface area contributed by atoms with Crippen LogP contribution in [0.25, 0.3) is 0 Å². The third-order valence-electron chi connectivity index (χ3n) is 4.47. The van der Waals surface area contributed by atoms with Gasteiger partial charge in [0, 0.05) is 37.8 Å². The third kappa shape index (κ3) is 4.44. The number of halogens is 1. The largest absolute Gasteiger partial charge is 0.377 e. The molecular formula is C17H24ClN3O2. The van der Waals surface area contributed by atoms with Gasteiger partial charge in [0.25, 0.3) is 0 Å². The molecule has 2 aliphatic heterocycles. The van der Waals surface area contributed by atoms with Crippen LogP contribution in [0.3, 0.4) is 0 Å². The lowest BCUT2D eigenvalue weighted by molar-refractivity contribution is -0.133. The summed E-state index contributed by atoms with van der Waals surface area (Å²) in [5, 5.41) is 7.31. The van der Waals surface area contributed by atoms with Gasteiger partial charge in [-0.1, -0.05) is 23.7 Å². The second kappa shape index (κ2) is 8.11. The zero-order valence-electron chi connectivity index (χ0n) is 13.3. The molecule has 6 heteroatoms. The van der Waals surface area contributed by atoms with Gasteiger partial charge in [0.1, 0.15) is 0 Å². The summed E-state index contributed by atoms with van der Waals surface area (Å²) in [6, 6.07) is 7.81. The van der Waals surface area contributed by atoms with E-state index in [9.17, 15) is 4.79 Å². The summed E-state index contributed by atoms with van der Waals surface area (Å²) in [7, 11) is 0. The number of rotatable bonds is 5. The highest BCUT2D eigenvalue weighted by Gasteiger charge is 2.27. The van der Waals surface area contributed by atoms with Crippen LogP contribution in [0, 0.1) is 0 Å². The number of nitrogens with one attached hydrogen (secondary N) is 2. The number of carbonyl (C=O) groups excluding carboxylic acids is 1. The van der Waals surface area contributed by atoms with Crippen molar-refractivity contribution in [2.75, 3.05) is 39.3 Å². The van der Waals surface area contributed by atoms with Crippen molar-refractivity contribution in [3.05, 3.63) is 34.9 Å². The number of nitrogens with zero attached hydrogens (tertiary/aromatic N) is 1. The lowest BCUT2D eigenvalue weighted by atomic mass is 10.0.